The Morgan fingerprint density at radius 3 is 2.35 bits per heavy atom. The molecule has 0 unspecified atom stereocenters. The van der Waals surface area contributed by atoms with Crippen molar-refractivity contribution in [1.29, 1.82) is 0 Å². The minimum absolute atomic E-state index is 0.207. The van der Waals surface area contributed by atoms with Gasteiger partial charge in [-0.25, -0.2) is 8.42 Å². The molecule has 0 aromatic heterocycles. The first kappa shape index (κ1) is 14.9. The molecule has 1 aliphatic rings. The molecule has 0 amide bonds. The number of sulfonamides is 1. The third-order valence-electron chi connectivity index (χ3n) is 3.34. The highest BCUT2D eigenvalue weighted by atomic mass is 32.2. The van der Waals surface area contributed by atoms with Crippen LogP contribution in [0, 0.1) is 5.92 Å². The van der Waals surface area contributed by atoms with Gasteiger partial charge in [-0.2, -0.15) is 4.31 Å². The topological polar surface area (TPSA) is 49.4 Å². The van der Waals surface area contributed by atoms with Gasteiger partial charge in [0.15, 0.2) is 0 Å². The molecule has 1 fully saturated rings. The third kappa shape index (κ3) is 4.56. The van der Waals surface area contributed by atoms with Gasteiger partial charge in [-0.05, 0) is 38.3 Å². The van der Waals surface area contributed by atoms with Crippen LogP contribution in [-0.4, -0.2) is 44.2 Å². The van der Waals surface area contributed by atoms with Crippen LogP contribution in [0.5, 0.6) is 0 Å². The molecule has 0 bridgehead atoms. The van der Waals surface area contributed by atoms with E-state index in [0.717, 1.165) is 32.4 Å². The van der Waals surface area contributed by atoms with E-state index >= 15 is 0 Å². The van der Waals surface area contributed by atoms with Gasteiger partial charge >= 0.3 is 0 Å². The van der Waals surface area contributed by atoms with Crippen molar-refractivity contribution in [3.63, 3.8) is 0 Å². The number of hydrogen-bond donors (Lipinski definition) is 1. The quantitative estimate of drug-likeness (QED) is 0.788. The first-order valence-electron chi connectivity index (χ1n) is 6.67. The molecule has 0 atom stereocenters. The Morgan fingerprint density at radius 1 is 1.29 bits per heavy atom. The van der Waals surface area contributed by atoms with Crippen molar-refractivity contribution in [1.82, 2.24) is 9.62 Å². The van der Waals surface area contributed by atoms with Gasteiger partial charge in [0.1, 0.15) is 0 Å². The normalized spacial score (nSPS) is 19.1. The predicted octanol–water partition coefficient (Wildman–Crippen LogP) is 1.44. The molecule has 1 N–H and O–H groups in total. The first-order valence-corrected chi connectivity index (χ1v) is 8.28. The molecule has 0 aliphatic carbocycles. The lowest BCUT2D eigenvalue weighted by Crippen LogP contribution is -2.46. The zero-order valence-corrected chi connectivity index (χ0v) is 12.1. The Labute approximate surface area is 106 Å². The lowest BCUT2D eigenvalue weighted by atomic mass is 10.1. The number of nitrogens with one attached hydrogen (secondary N) is 1. The Bertz CT molecular complexity index is 308. The second-order valence-corrected chi connectivity index (χ2v) is 7.22. The number of piperidine rings is 1. The van der Waals surface area contributed by atoms with Crippen LogP contribution in [0.4, 0.5) is 0 Å². The largest absolute Gasteiger partial charge is 0.317 e. The van der Waals surface area contributed by atoms with Crippen LogP contribution in [0.1, 0.15) is 40.0 Å². The van der Waals surface area contributed by atoms with Gasteiger partial charge in [0, 0.05) is 12.6 Å². The van der Waals surface area contributed by atoms with Crippen molar-refractivity contribution in [3.8, 4) is 0 Å². The number of rotatable bonds is 6. The van der Waals surface area contributed by atoms with Crippen molar-refractivity contribution < 1.29 is 8.42 Å². The SMILES string of the molecule is CCN(C1CCNCC1)S(=O)(=O)CCC(C)C. The average molecular weight is 262 g/mol. The molecule has 1 saturated heterocycles. The highest BCUT2D eigenvalue weighted by molar-refractivity contribution is 7.89. The fraction of sp³-hybridized carbons (Fsp3) is 1.00. The summed E-state index contributed by atoms with van der Waals surface area (Å²) in [5.41, 5.74) is 0. The maximum Gasteiger partial charge on any atom is 0.214 e. The molecule has 1 rings (SSSR count). The first-order chi connectivity index (χ1) is 7.97. The summed E-state index contributed by atoms with van der Waals surface area (Å²) < 4.78 is 26.3. The average Bonchev–Trinajstić information content (AvgIpc) is 2.29. The number of hydrogen-bond acceptors (Lipinski definition) is 3. The van der Waals surface area contributed by atoms with E-state index in [1.54, 1.807) is 4.31 Å². The van der Waals surface area contributed by atoms with Crippen LogP contribution >= 0.6 is 0 Å². The smallest absolute Gasteiger partial charge is 0.214 e. The van der Waals surface area contributed by atoms with E-state index < -0.39 is 10.0 Å². The van der Waals surface area contributed by atoms with Gasteiger partial charge < -0.3 is 5.32 Å². The molecular formula is C12H26N2O2S. The van der Waals surface area contributed by atoms with E-state index in [2.05, 4.69) is 19.2 Å². The van der Waals surface area contributed by atoms with Gasteiger partial charge in [0.25, 0.3) is 0 Å². The fourth-order valence-corrected chi connectivity index (χ4v) is 4.34. The summed E-state index contributed by atoms with van der Waals surface area (Å²) in [5.74, 6) is 0.735. The lowest BCUT2D eigenvalue weighted by molar-refractivity contribution is 0.270. The van der Waals surface area contributed by atoms with E-state index in [1.807, 2.05) is 6.92 Å². The molecular weight excluding hydrogens is 236 g/mol. The third-order valence-corrected chi connectivity index (χ3v) is 5.36. The molecule has 0 aromatic carbocycles. The molecule has 17 heavy (non-hydrogen) atoms. The fourth-order valence-electron chi connectivity index (χ4n) is 2.28. The lowest BCUT2D eigenvalue weighted by Gasteiger charge is -2.33. The molecule has 0 spiro atoms. The molecule has 0 saturated carbocycles. The molecule has 5 heteroatoms. The Balaban J connectivity index is 2.63. The molecule has 1 heterocycles. The van der Waals surface area contributed by atoms with E-state index in [0.29, 0.717) is 18.2 Å². The summed E-state index contributed by atoms with van der Waals surface area (Å²) in [7, 11) is -3.06. The van der Waals surface area contributed by atoms with Gasteiger partial charge in [-0.15, -0.1) is 0 Å². The highest BCUT2D eigenvalue weighted by Gasteiger charge is 2.29. The van der Waals surface area contributed by atoms with Crippen molar-refractivity contribution in [3.05, 3.63) is 0 Å². The predicted molar refractivity (Wildman–Crippen MR) is 71.5 cm³/mol. The summed E-state index contributed by atoms with van der Waals surface area (Å²) in [6, 6.07) is 0.207. The number of nitrogens with zero attached hydrogens (tertiary/aromatic N) is 1. The minimum atomic E-state index is -3.06. The molecule has 102 valence electrons. The van der Waals surface area contributed by atoms with Gasteiger partial charge in [-0.1, -0.05) is 20.8 Å². The summed E-state index contributed by atoms with van der Waals surface area (Å²) in [6.07, 6.45) is 2.63. The zero-order valence-electron chi connectivity index (χ0n) is 11.3. The van der Waals surface area contributed by atoms with Crippen LogP contribution < -0.4 is 5.32 Å². The van der Waals surface area contributed by atoms with E-state index in [-0.39, 0.29) is 6.04 Å². The Kier molecular flexibility index (Phi) is 5.89. The van der Waals surface area contributed by atoms with Crippen molar-refractivity contribution in [2.45, 2.75) is 46.1 Å². The molecule has 1 aliphatic heterocycles. The highest BCUT2D eigenvalue weighted by Crippen LogP contribution is 2.17. The summed E-state index contributed by atoms with van der Waals surface area (Å²) >= 11 is 0. The van der Waals surface area contributed by atoms with E-state index in [4.69, 9.17) is 0 Å². The summed E-state index contributed by atoms with van der Waals surface area (Å²) in [5, 5.41) is 3.27. The summed E-state index contributed by atoms with van der Waals surface area (Å²) in [4.78, 5) is 0. The zero-order chi connectivity index (χ0) is 12.9. The standard InChI is InChI=1S/C12H26N2O2S/c1-4-14(12-5-8-13-9-6-12)17(15,16)10-7-11(2)3/h11-13H,4-10H2,1-3H3. The van der Waals surface area contributed by atoms with Crippen LogP contribution in [0.25, 0.3) is 0 Å². The van der Waals surface area contributed by atoms with Crippen LogP contribution in [0.15, 0.2) is 0 Å². The Morgan fingerprint density at radius 2 is 1.88 bits per heavy atom. The van der Waals surface area contributed by atoms with E-state index in [9.17, 15) is 8.42 Å². The van der Waals surface area contributed by atoms with Gasteiger partial charge in [-0.3, -0.25) is 0 Å². The summed E-state index contributed by atoms with van der Waals surface area (Å²) in [6.45, 7) is 8.54. The van der Waals surface area contributed by atoms with Crippen molar-refractivity contribution in [2.75, 3.05) is 25.4 Å². The molecule has 0 radical (unpaired) electrons. The van der Waals surface area contributed by atoms with Gasteiger partial charge in [0.05, 0.1) is 5.75 Å². The van der Waals surface area contributed by atoms with Crippen LogP contribution in [-0.2, 0) is 10.0 Å². The van der Waals surface area contributed by atoms with Crippen molar-refractivity contribution in [2.24, 2.45) is 5.92 Å². The molecule has 0 aromatic rings. The van der Waals surface area contributed by atoms with Crippen molar-refractivity contribution >= 4 is 10.0 Å². The Hall–Kier alpha value is -0.130. The van der Waals surface area contributed by atoms with Crippen LogP contribution in [0.3, 0.4) is 0 Å². The second kappa shape index (κ2) is 6.71. The van der Waals surface area contributed by atoms with E-state index in [1.165, 1.54) is 0 Å². The minimum Gasteiger partial charge on any atom is -0.317 e. The van der Waals surface area contributed by atoms with Crippen LogP contribution in [0.2, 0.25) is 0 Å². The van der Waals surface area contributed by atoms with Gasteiger partial charge in [0.2, 0.25) is 10.0 Å². The second-order valence-electron chi connectivity index (χ2n) is 5.18. The maximum atomic E-state index is 12.3. The maximum absolute atomic E-state index is 12.3. The monoisotopic (exact) mass is 262 g/mol. The molecule has 4 nitrogen and oxygen atoms in total.